The summed E-state index contributed by atoms with van der Waals surface area (Å²) in [6.45, 7) is 7.21. The van der Waals surface area contributed by atoms with Crippen molar-refractivity contribution in [2.75, 3.05) is 36.8 Å². The topological polar surface area (TPSA) is 32.5 Å². The highest BCUT2D eigenvalue weighted by Gasteiger charge is 2.25. The van der Waals surface area contributed by atoms with Gasteiger partial charge in [0.1, 0.15) is 0 Å². The molecule has 2 saturated heterocycles. The average Bonchev–Trinajstić information content (AvgIpc) is 2.56. The maximum absolute atomic E-state index is 6.02. The number of nitrogens with zero attached hydrogens (tertiary/aromatic N) is 2. The normalized spacial score (nSPS) is 21.7. The molecule has 3 heteroatoms. The van der Waals surface area contributed by atoms with Crippen molar-refractivity contribution in [2.45, 2.75) is 51.5 Å². The van der Waals surface area contributed by atoms with Crippen molar-refractivity contribution in [1.82, 2.24) is 4.90 Å². The second kappa shape index (κ2) is 6.69. The summed E-state index contributed by atoms with van der Waals surface area (Å²) < 4.78 is 0. The van der Waals surface area contributed by atoms with Gasteiger partial charge in [-0.05, 0) is 69.0 Å². The molecule has 21 heavy (non-hydrogen) atoms. The molecule has 0 aromatic heterocycles. The number of anilines is 2. The van der Waals surface area contributed by atoms with Gasteiger partial charge < -0.3 is 15.5 Å². The number of likely N-dealkylation sites (tertiary alicyclic amines) is 1. The Bertz CT molecular complexity index is 458. The van der Waals surface area contributed by atoms with Crippen LogP contribution in [-0.2, 0) is 6.42 Å². The van der Waals surface area contributed by atoms with Crippen molar-refractivity contribution in [3.8, 4) is 0 Å². The first kappa shape index (κ1) is 14.7. The van der Waals surface area contributed by atoms with E-state index in [-0.39, 0.29) is 0 Å². The third-order valence-corrected chi connectivity index (χ3v) is 5.24. The highest BCUT2D eigenvalue weighted by molar-refractivity contribution is 5.58. The van der Waals surface area contributed by atoms with Crippen LogP contribution in [0, 0.1) is 0 Å². The molecule has 116 valence electrons. The van der Waals surface area contributed by atoms with Gasteiger partial charge in [0.2, 0.25) is 0 Å². The Kier molecular flexibility index (Phi) is 4.69. The molecule has 0 saturated carbocycles. The molecule has 0 radical (unpaired) electrons. The molecule has 1 aromatic carbocycles. The van der Waals surface area contributed by atoms with Gasteiger partial charge in [0, 0.05) is 30.5 Å². The van der Waals surface area contributed by atoms with E-state index in [0.29, 0.717) is 0 Å². The van der Waals surface area contributed by atoms with E-state index in [1.807, 2.05) is 0 Å². The monoisotopic (exact) mass is 287 g/mol. The summed E-state index contributed by atoms with van der Waals surface area (Å²) in [5.74, 6) is 0. The smallest absolute Gasteiger partial charge is 0.0370 e. The van der Waals surface area contributed by atoms with E-state index in [9.17, 15) is 0 Å². The molecule has 0 amide bonds. The first-order valence-corrected chi connectivity index (χ1v) is 8.65. The minimum Gasteiger partial charge on any atom is -0.399 e. The van der Waals surface area contributed by atoms with Crippen molar-refractivity contribution < 1.29 is 0 Å². The van der Waals surface area contributed by atoms with Crippen LogP contribution in [0.4, 0.5) is 11.4 Å². The lowest BCUT2D eigenvalue weighted by molar-refractivity contribution is 0.141. The van der Waals surface area contributed by atoms with E-state index in [4.69, 9.17) is 5.73 Å². The van der Waals surface area contributed by atoms with E-state index in [0.717, 1.165) is 18.2 Å². The van der Waals surface area contributed by atoms with E-state index in [2.05, 4.69) is 34.9 Å². The highest BCUT2D eigenvalue weighted by Crippen LogP contribution is 2.27. The molecule has 0 bridgehead atoms. The molecule has 1 aromatic rings. The van der Waals surface area contributed by atoms with Crippen LogP contribution in [-0.4, -0.2) is 37.1 Å². The van der Waals surface area contributed by atoms with Crippen LogP contribution in [0.3, 0.4) is 0 Å². The van der Waals surface area contributed by atoms with Crippen LogP contribution >= 0.6 is 0 Å². The summed E-state index contributed by atoms with van der Waals surface area (Å²) in [6.07, 6.45) is 7.87. The van der Waals surface area contributed by atoms with Crippen molar-refractivity contribution in [3.63, 3.8) is 0 Å². The largest absolute Gasteiger partial charge is 0.399 e. The minimum absolute atomic E-state index is 0.820. The van der Waals surface area contributed by atoms with Crippen LogP contribution in [0.2, 0.25) is 0 Å². The standard InChI is InChI=1S/C18H29N3/c1-2-15-14-17(6-7-18(15)19)21-12-8-16(9-13-21)20-10-4-3-5-11-20/h6-7,14,16H,2-5,8-13,19H2,1H3. The van der Waals surface area contributed by atoms with Crippen LogP contribution < -0.4 is 10.6 Å². The second-order valence-electron chi connectivity index (χ2n) is 6.55. The molecule has 2 heterocycles. The highest BCUT2D eigenvalue weighted by atomic mass is 15.2. The molecule has 2 fully saturated rings. The van der Waals surface area contributed by atoms with Crippen molar-refractivity contribution in [2.24, 2.45) is 0 Å². The first-order chi connectivity index (χ1) is 10.3. The second-order valence-corrected chi connectivity index (χ2v) is 6.55. The van der Waals surface area contributed by atoms with E-state index in [1.54, 1.807) is 0 Å². The summed E-state index contributed by atoms with van der Waals surface area (Å²) in [4.78, 5) is 5.28. The number of hydrogen-bond donors (Lipinski definition) is 1. The lowest BCUT2D eigenvalue weighted by Crippen LogP contribution is -2.46. The van der Waals surface area contributed by atoms with Crippen LogP contribution in [0.1, 0.15) is 44.6 Å². The van der Waals surface area contributed by atoms with Gasteiger partial charge in [-0.15, -0.1) is 0 Å². The Morgan fingerprint density at radius 1 is 1.05 bits per heavy atom. The zero-order valence-electron chi connectivity index (χ0n) is 13.4. The first-order valence-electron chi connectivity index (χ1n) is 8.65. The molecule has 2 N–H and O–H groups in total. The van der Waals surface area contributed by atoms with E-state index < -0.39 is 0 Å². The SMILES string of the molecule is CCc1cc(N2CCC(N3CCCCC3)CC2)ccc1N. The third kappa shape index (κ3) is 3.34. The molecular formula is C18H29N3. The van der Waals surface area contributed by atoms with Gasteiger partial charge in [0.05, 0.1) is 0 Å². The van der Waals surface area contributed by atoms with Crippen molar-refractivity contribution in [3.05, 3.63) is 23.8 Å². The molecular weight excluding hydrogens is 258 g/mol. The summed E-state index contributed by atoms with van der Waals surface area (Å²) in [6, 6.07) is 7.37. The zero-order valence-corrected chi connectivity index (χ0v) is 13.4. The Labute approximate surface area is 129 Å². The molecule has 0 atom stereocenters. The molecule has 0 unspecified atom stereocenters. The van der Waals surface area contributed by atoms with E-state index >= 15 is 0 Å². The average molecular weight is 287 g/mol. The maximum Gasteiger partial charge on any atom is 0.0370 e. The lowest BCUT2D eigenvalue weighted by Gasteiger charge is -2.41. The van der Waals surface area contributed by atoms with Crippen LogP contribution in [0.5, 0.6) is 0 Å². The van der Waals surface area contributed by atoms with Gasteiger partial charge in [0.15, 0.2) is 0 Å². The summed E-state index contributed by atoms with van der Waals surface area (Å²) >= 11 is 0. The molecule has 3 nitrogen and oxygen atoms in total. The fourth-order valence-electron chi connectivity index (χ4n) is 3.87. The number of piperidine rings is 2. The zero-order chi connectivity index (χ0) is 14.7. The summed E-state index contributed by atoms with van der Waals surface area (Å²) in [7, 11) is 0. The fraction of sp³-hybridized carbons (Fsp3) is 0.667. The number of benzene rings is 1. The summed E-state index contributed by atoms with van der Waals surface area (Å²) in [5, 5.41) is 0. The fourth-order valence-corrected chi connectivity index (χ4v) is 3.87. The number of nitrogens with two attached hydrogens (primary N) is 1. The number of aryl methyl sites for hydroxylation is 1. The molecule has 2 aliphatic rings. The maximum atomic E-state index is 6.02. The predicted octanol–water partition coefficient (Wildman–Crippen LogP) is 3.29. The van der Waals surface area contributed by atoms with Crippen molar-refractivity contribution in [1.29, 1.82) is 0 Å². The molecule has 3 rings (SSSR count). The quantitative estimate of drug-likeness (QED) is 0.866. The Morgan fingerprint density at radius 3 is 2.43 bits per heavy atom. The molecule has 0 spiro atoms. The van der Waals surface area contributed by atoms with Crippen LogP contribution in [0.25, 0.3) is 0 Å². The van der Waals surface area contributed by atoms with Crippen LogP contribution in [0.15, 0.2) is 18.2 Å². The van der Waals surface area contributed by atoms with E-state index in [1.165, 1.54) is 69.5 Å². The predicted molar refractivity (Wildman–Crippen MR) is 90.9 cm³/mol. The Balaban J connectivity index is 1.60. The lowest BCUT2D eigenvalue weighted by atomic mass is 9.99. The van der Waals surface area contributed by atoms with Gasteiger partial charge in [-0.25, -0.2) is 0 Å². The van der Waals surface area contributed by atoms with Gasteiger partial charge in [-0.3, -0.25) is 0 Å². The summed E-state index contributed by atoms with van der Waals surface area (Å²) in [5.41, 5.74) is 9.60. The molecule has 2 aliphatic heterocycles. The number of nitrogen functional groups attached to an aromatic ring is 1. The number of hydrogen-bond acceptors (Lipinski definition) is 3. The molecule has 0 aliphatic carbocycles. The van der Waals surface area contributed by atoms with Gasteiger partial charge in [-0.1, -0.05) is 13.3 Å². The van der Waals surface area contributed by atoms with Crippen molar-refractivity contribution >= 4 is 11.4 Å². The Hall–Kier alpha value is -1.22. The van der Waals surface area contributed by atoms with Gasteiger partial charge >= 0.3 is 0 Å². The Morgan fingerprint density at radius 2 is 1.76 bits per heavy atom. The van der Waals surface area contributed by atoms with Gasteiger partial charge in [-0.2, -0.15) is 0 Å². The minimum atomic E-state index is 0.820. The van der Waals surface area contributed by atoms with Gasteiger partial charge in [0.25, 0.3) is 0 Å². The third-order valence-electron chi connectivity index (χ3n) is 5.24. The number of rotatable bonds is 3.